The van der Waals surface area contributed by atoms with Crippen LogP contribution >= 0.6 is 0 Å². The van der Waals surface area contributed by atoms with Crippen molar-refractivity contribution in [2.75, 3.05) is 11.9 Å². The van der Waals surface area contributed by atoms with Crippen molar-refractivity contribution in [3.05, 3.63) is 95.9 Å². The van der Waals surface area contributed by atoms with Gasteiger partial charge < -0.3 is 4.90 Å². The monoisotopic (exact) mass is 408 g/mol. The Morgan fingerprint density at radius 3 is 2.35 bits per heavy atom. The molecule has 4 heteroatoms. The van der Waals surface area contributed by atoms with Crippen molar-refractivity contribution in [1.82, 2.24) is 15.0 Å². The predicted molar refractivity (Wildman–Crippen MR) is 128 cm³/mol. The number of anilines is 1. The van der Waals surface area contributed by atoms with Gasteiger partial charge in [-0.2, -0.15) is 0 Å². The van der Waals surface area contributed by atoms with E-state index in [4.69, 9.17) is 4.98 Å². The van der Waals surface area contributed by atoms with Crippen LogP contribution in [0, 0.1) is 6.92 Å². The Labute approximate surface area is 184 Å². The molecule has 0 aliphatic carbocycles. The summed E-state index contributed by atoms with van der Waals surface area (Å²) in [5.74, 6) is 2.16. The minimum atomic E-state index is 0.417. The summed E-state index contributed by atoms with van der Waals surface area (Å²) in [4.78, 5) is 16.0. The molecule has 31 heavy (non-hydrogen) atoms. The second-order valence-electron chi connectivity index (χ2n) is 8.24. The van der Waals surface area contributed by atoms with Crippen LogP contribution < -0.4 is 4.90 Å². The summed E-state index contributed by atoms with van der Waals surface area (Å²) >= 11 is 0. The van der Waals surface area contributed by atoms with E-state index in [1.54, 1.807) is 6.20 Å². The van der Waals surface area contributed by atoms with E-state index < -0.39 is 0 Å². The summed E-state index contributed by atoms with van der Waals surface area (Å²) in [5.41, 5.74) is 6.98. The molecule has 0 radical (unpaired) electrons. The summed E-state index contributed by atoms with van der Waals surface area (Å²) in [7, 11) is 2.09. The summed E-state index contributed by atoms with van der Waals surface area (Å²) in [6.45, 7) is 7.25. The molecule has 0 unspecified atom stereocenters. The molecule has 156 valence electrons. The summed E-state index contributed by atoms with van der Waals surface area (Å²) in [6.07, 6.45) is 5.61. The molecule has 2 aromatic carbocycles. The second kappa shape index (κ2) is 9.09. The first-order valence-corrected chi connectivity index (χ1v) is 10.7. The van der Waals surface area contributed by atoms with Crippen LogP contribution in [-0.4, -0.2) is 22.0 Å². The average molecular weight is 409 g/mol. The third-order valence-corrected chi connectivity index (χ3v) is 5.50. The zero-order chi connectivity index (χ0) is 21.8. The van der Waals surface area contributed by atoms with Crippen molar-refractivity contribution >= 4 is 5.82 Å². The molecule has 4 nitrogen and oxygen atoms in total. The molecule has 0 N–H and O–H groups in total. The predicted octanol–water partition coefficient (Wildman–Crippen LogP) is 6.27. The molecule has 0 saturated carbocycles. The molecular formula is C27H28N4. The van der Waals surface area contributed by atoms with Gasteiger partial charge in [0.05, 0.1) is 0 Å². The van der Waals surface area contributed by atoms with E-state index in [9.17, 15) is 0 Å². The maximum Gasteiger partial charge on any atom is 0.161 e. The molecule has 2 heterocycles. The smallest absolute Gasteiger partial charge is 0.161 e. The van der Waals surface area contributed by atoms with Gasteiger partial charge in [0, 0.05) is 43.3 Å². The number of aryl methyl sites for hydroxylation is 1. The minimum absolute atomic E-state index is 0.417. The van der Waals surface area contributed by atoms with E-state index in [1.807, 2.05) is 18.5 Å². The van der Waals surface area contributed by atoms with Crippen LogP contribution in [0.4, 0.5) is 5.82 Å². The highest BCUT2D eigenvalue weighted by atomic mass is 15.2. The molecule has 2 aromatic heterocycles. The largest absolute Gasteiger partial charge is 0.355 e. The molecule has 0 atom stereocenters. The lowest BCUT2D eigenvalue weighted by atomic mass is 9.97. The van der Waals surface area contributed by atoms with Gasteiger partial charge in [-0.25, -0.2) is 9.97 Å². The lowest BCUT2D eigenvalue weighted by molar-refractivity contribution is 0.861. The first-order valence-electron chi connectivity index (χ1n) is 10.7. The third-order valence-electron chi connectivity index (χ3n) is 5.50. The number of pyridine rings is 1. The summed E-state index contributed by atoms with van der Waals surface area (Å²) < 4.78 is 0. The second-order valence-corrected chi connectivity index (χ2v) is 8.24. The third kappa shape index (κ3) is 4.64. The molecule has 0 amide bonds. The topological polar surface area (TPSA) is 41.9 Å². The number of hydrogen-bond acceptors (Lipinski definition) is 4. The summed E-state index contributed by atoms with van der Waals surface area (Å²) in [5, 5.41) is 0. The number of hydrogen-bond donors (Lipinski definition) is 0. The first kappa shape index (κ1) is 20.7. The number of nitrogens with zero attached hydrogens (tertiary/aromatic N) is 4. The average Bonchev–Trinajstić information content (AvgIpc) is 2.80. The van der Waals surface area contributed by atoms with Crippen molar-refractivity contribution in [2.24, 2.45) is 0 Å². The molecule has 0 spiro atoms. The van der Waals surface area contributed by atoms with Gasteiger partial charge in [0.25, 0.3) is 0 Å². The normalized spacial score (nSPS) is 11.0. The fourth-order valence-corrected chi connectivity index (χ4v) is 3.84. The standard InChI is InChI=1S/C27H28N4/c1-19(2)24-9-5-6-10-25(24)26-29-16-20(3)27(30-26)31(4)18-21-11-13-22(14-12-21)23-8-7-15-28-17-23/h5-17,19H,18H2,1-4H3. The maximum atomic E-state index is 4.95. The van der Waals surface area contributed by atoms with Crippen LogP contribution in [0.2, 0.25) is 0 Å². The molecule has 0 bridgehead atoms. The maximum absolute atomic E-state index is 4.95. The van der Waals surface area contributed by atoms with E-state index in [0.29, 0.717) is 5.92 Å². The van der Waals surface area contributed by atoms with Gasteiger partial charge in [-0.15, -0.1) is 0 Å². The highest BCUT2D eigenvalue weighted by Crippen LogP contribution is 2.29. The number of aromatic nitrogens is 3. The molecule has 0 aliphatic rings. The van der Waals surface area contributed by atoms with Gasteiger partial charge in [-0.3, -0.25) is 4.98 Å². The highest BCUT2D eigenvalue weighted by Gasteiger charge is 2.14. The van der Waals surface area contributed by atoms with Crippen LogP contribution in [0.5, 0.6) is 0 Å². The fourth-order valence-electron chi connectivity index (χ4n) is 3.84. The molecular weight excluding hydrogens is 380 g/mol. The van der Waals surface area contributed by atoms with Gasteiger partial charge in [0.1, 0.15) is 5.82 Å². The fraction of sp³-hybridized carbons (Fsp3) is 0.222. The van der Waals surface area contributed by atoms with Crippen LogP contribution in [0.15, 0.2) is 79.3 Å². The Bertz CT molecular complexity index is 1150. The van der Waals surface area contributed by atoms with E-state index >= 15 is 0 Å². The zero-order valence-electron chi connectivity index (χ0n) is 18.6. The van der Waals surface area contributed by atoms with Crippen molar-refractivity contribution in [2.45, 2.75) is 33.2 Å². The zero-order valence-corrected chi connectivity index (χ0v) is 18.6. The molecule has 4 rings (SSSR count). The highest BCUT2D eigenvalue weighted by molar-refractivity contribution is 5.64. The number of benzene rings is 2. The molecule has 0 saturated heterocycles. The van der Waals surface area contributed by atoms with E-state index in [1.165, 1.54) is 16.7 Å². The van der Waals surface area contributed by atoms with Crippen LogP contribution in [0.3, 0.4) is 0 Å². The van der Waals surface area contributed by atoms with Crippen molar-refractivity contribution < 1.29 is 0 Å². The van der Waals surface area contributed by atoms with Crippen LogP contribution in [0.25, 0.3) is 22.5 Å². The quantitative estimate of drug-likeness (QED) is 0.377. The van der Waals surface area contributed by atoms with Gasteiger partial charge >= 0.3 is 0 Å². The van der Waals surface area contributed by atoms with Gasteiger partial charge in [-0.1, -0.05) is 68.4 Å². The number of rotatable bonds is 6. The van der Waals surface area contributed by atoms with Gasteiger partial charge in [0.15, 0.2) is 5.82 Å². The Balaban J connectivity index is 1.58. The van der Waals surface area contributed by atoms with Crippen molar-refractivity contribution in [1.29, 1.82) is 0 Å². The van der Waals surface area contributed by atoms with E-state index in [2.05, 4.69) is 97.3 Å². The first-order chi connectivity index (χ1) is 15.0. The Hall–Kier alpha value is -3.53. The van der Waals surface area contributed by atoms with Crippen LogP contribution in [-0.2, 0) is 6.54 Å². The lowest BCUT2D eigenvalue weighted by Gasteiger charge is -2.21. The lowest BCUT2D eigenvalue weighted by Crippen LogP contribution is -2.19. The van der Waals surface area contributed by atoms with Gasteiger partial charge in [0.2, 0.25) is 0 Å². The Morgan fingerprint density at radius 2 is 1.65 bits per heavy atom. The molecule has 4 aromatic rings. The van der Waals surface area contributed by atoms with Crippen molar-refractivity contribution in [3.63, 3.8) is 0 Å². The van der Waals surface area contributed by atoms with E-state index in [-0.39, 0.29) is 0 Å². The van der Waals surface area contributed by atoms with E-state index in [0.717, 1.165) is 34.9 Å². The SMILES string of the molecule is Cc1cnc(-c2ccccc2C(C)C)nc1N(C)Cc1ccc(-c2cccnc2)cc1. The Morgan fingerprint density at radius 1 is 0.871 bits per heavy atom. The van der Waals surface area contributed by atoms with Crippen LogP contribution in [0.1, 0.15) is 36.5 Å². The Kier molecular flexibility index (Phi) is 6.08. The van der Waals surface area contributed by atoms with Crippen molar-refractivity contribution in [3.8, 4) is 22.5 Å². The minimum Gasteiger partial charge on any atom is -0.355 e. The van der Waals surface area contributed by atoms with Gasteiger partial charge in [-0.05, 0) is 41.2 Å². The molecule has 0 aliphatic heterocycles. The summed E-state index contributed by atoms with van der Waals surface area (Å²) in [6, 6.07) is 21.1. The molecule has 0 fully saturated rings.